The minimum absolute atomic E-state index is 0.179. The van der Waals surface area contributed by atoms with Crippen LogP contribution in [0.4, 0.5) is 0 Å². The molecule has 33 heavy (non-hydrogen) atoms. The lowest BCUT2D eigenvalue weighted by atomic mass is 9.95. The molecule has 7 heteroatoms. The van der Waals surface area contributed by atoms with Crippen molar-refractivity contribution in [1.82, 2.24) is 10.6 Å². The standard InChI is InChI=1S/C26H30Cl2N2O3/c1-29-26(31)24(18-7-5-4-6-8-18)30-21(15-11-17-9-12-19(27)13-10-17)20-14-16-22(32-2)25(33-3)23(20)28/h4-10,12-14,16,21,24,26,29-31H,11,15H2,1-3H3/t21-,24-,26?/m1/s1. The van der Waals surface area contributed by atoms with Crippen molar-refractivity contribution in [2.24, 2.45) is 0 Å². The molecule has 3 aromatic carbocycles. The van der Waals surface area contributed by atoms with Crippen molar-refractivity contribution in [1.29, 1.82) is 0 Å². The van der Waals surface area contributed by atoms with Gasteiger partial charge in [0.2, 0.25) is 0 Å². The maximum Gasteiger partial charge on any atom is 0.179 e. The first-order valence-corrected chi connectivity index (χ1v) is 11.5. The topological polar surface area (TPSA) is 62.8 Å². The minimum atomic E-state index is -0.802. The van der Waals surface area contributed by atoms with E-state index >= 15 is 0 Å². The molecule has 0 fully saturated rings. The molecule has 3 rings (SSSR count). The normalized spacial score (nSPS) is 13.9. The molecule has 0 saturated heterocycles. The highest BCUT2D eigenvalue weighted by Crippen LogP contribution is 2.41. The predicted molar refractivity (Wildman–Crippen MR) is 134 cm³/mol. The smallest absolute Gasteiger partial charge is 0.179 e. The SMILES string of the molecule is CNC(O)[C@H](N[C@H](CCc1ccc(Cl)cc1)c1ccc(OC)c(OC)c1Cl)c1ccccc1. The fourth-order valence-electron chi connectivity index (χ4n) is 3.88. The summed E-state index contributed by atoms with van der Waals surface area (Å²) in [4.78, 5) is 0. The fraction of sp³-hybridized carbons (Fsp3) is 0.308. The van der Waals surface area contributed by atoms with Gasteiger partial charge in [-0.05, 0) is 54.8 Å². The number of hydrogen-bond donors (Lipinski definition) is 3. The molecule has 5 nitrogen and oxygen atoms in total. The van der Waals surface area contributed by atoms with Gasteiger partial charge in [0.15, 0.2) is 11.5 Å². The maximum absolute atomic E-state index is 10.8. The molecule has 3 N–H and O–H groups in total. The molecule has 3 atom stereocenters. The summed E-state index contributed by atoms with van der Waals surface area (Å²) in [6.07, 6.45) is 0.720. The van der Waals surface area contributed by atoms with Gasteiger partial charge in [0, 0.05) is 11.1 Å². The number of likely N-dealkylation sites (N-methyl/N-ethyl adjacent to an activating group) is 1. The lowest BCUT2D eigenvalue weighted by Crippen LogP contribution is -2.41. The van der Waals surface area contributed by atoms with Gasteiger partial charge in [-0.15, -0.1) is 0 Å². The second-order valence-electron chi connectivity index (χ2n) is 7.71. The van der Waals surface area contributed by atoms with Gasteiger partial charge in [-0.3, -0.25) is 10.6 Å². The van der Waals surface area contributed by atoms with Gasteiger partial charge in [-0.25, -0.2) is 0 Å². The summed E-state index contributed by atoms with van der Waals surface area (Å²) in [7, 11) is 4.88. The zero-order valence-electron chi connectivity index (χ0n) is 19.0. The lowest BCUT2D eigenvalue weighted by Gasteiger charge is -2.31. The third-order valence-corrected chi connectivity index (χ3v) is 6.32. The van der Waals surface area contributed by atoms with Crippen molar-refractivity contribution < 1.29 is 14.6 Å². The van der Waals surface area contributed by atoms with E-state index in [1.165, 1.54) is 0 Å². The molecular weight excluding hydrogens is 459 g/mol. The Morgan fingerprint density at radius 2 is 1.61 bits per heavy atom. The number of ether oxygens (including phenoxy) is 2. The molecule has 0 amide bonds. The van der Waals surface area contributed by atoms with Crippen LogP contribution in [-0.2, 0) is 6.42 Å². The van der Waals surface area contributed by atoms with Gasteiger partial charge in [-0.2, -0.15) is 0 Å². The Bertz CT molecular complexity index is 1020. The largest absolute Gasteiger partial charge is 0.493 e. The zero-order chi connectivity index (χ0) is 23.8. The average molecular weight is 489 g/mol. The van der Waals surface area contributed by atoms with Crippen molar-refractivity contribution in [2.75, 3.05) is 21.3 Å². The van der Waals surface area contributed by atoms with E-state index in [0.717, 1.165) is 29.5 Å². The molecular formula is C26H30Cl2N2O3. The molecule has 0 spiro atoms. The van der Waals surface area contributed by atoms with E-state index in [0.29, 0.717) is 21.5 Å². The van der Waals surface area contributed by atoms with Crippen molar-refractivity contribution in [3.63, 3.8) is 0 Å². The van der Waals surface area contributed by atoms with Crippen LogP contribution in [0.2, 0.25) is 10.0 Å². The second-order valence-corrected chi connectivity index (χ2v) is 8.52. The number of benzene rings is 3. The molecule has 0 aliphatic carbocycles. The summed E-state index contributed by atoms with van der Waals surface area (Å²) < 4.78 is 10.9. The molecule has 0 saturated carbocycles. The molecule has 0 heterocycles. The van der Waals surface area contributed by atoms with Crippen molar-refractivity contribution in [3.05, 3.63) is 93.5 Å². The van der Waals surface area contributed by atoms with Crippen LogP contribution < -0.4 is 20.1 Å². The first kappa shape index (κ1) is 25.3. The van der Waals surface area contributed by atoms with E-state index in [9.17, 15) is 5.11 Å². The molecule has 0 aliphatic heterocycles. The Hall–Kier alpha value is -2.28. The van der Waals surface area contributed by atoms with Gasteiger partial charge in [0.25, 0.3) is 0 Å². The summed E-state index contributed by atoms with van der Waals surface area (Å²) in [5.74, 6) is 1.05. The number of aliphatic hydroxyl groups excluding tert-OH is 1. The van der Waals surface area contributed by atoms with Gasteiger partial charge < -0.3 is 14.6 Å². The van der Waals surface area contributed by atoms with Crippen LogP contribution in [0.5, 0.6) is 11.5 Å². The highest BCUT2D eigenvalue weighted by Gasteiger charge is 2.27. The average Bonchev–Trinajstić information content (AvgIpc) is 2.85. The number of rotatable bonds is 11. The van der Waals surface area contributed by atoms with E-state index in [-0.39, 0.29) is 12.1 Å². The van der Waals surface area contributed by atoms with Crippen molar-refractivity contribution in [2.45, 2.75) is 31.2 Å². The van der Waals surface area contributed by atoms with E-state index in [4.69, 9.17) is 32.7 Å². The molecule has 0 radical (unpaired) electrons. The Morgan fingerprint density at radius 1 is 0.909 bits per heavy atom. The van der Waals surface area contributed by atoms with Crippen LogP contribution in [0.3, 0.4) is 0 Å². The van der Waals surface area contributed by atoms with E-state index in [2.05, 4.69) is 10.6 Å². The van der Waals surface area contributed by atoms with Crippen LogP contribution in [0, 0.1) is 0 Å². The quantitative estimate of drug-likeness (QED) is 0.308. The van der Waals surface area contributed by atoms with Crippen LogP contribution >= 0.6 is 23.2 Å². The summed E-state index contributed by atoms with van der Waals surface area (Å²) in [6.45, 7) is 0. The Balaban J connectivity index is 1.98. The number of aryl methyl sites for hydroxylation is 1. The number of halogens is 2. The fourth-order valence-corrected chi connectivity index (χ4v) is 4.37. The summed E-state index contributed by atoms with van der Waals surface area (Å²) in [5, 5.41) is 18.5. The highest BCUT2D eigenvalue weighted by molar-refractivity contribution is 6.33. The van der Waals surface area contributed by atoms with Crippen LogP contribution in [0.25, 0.3) is 0 Å². The maximum atomic E-state index is 10.8. The Kier molecular flexibility index (Phi) is 9.41. The van der Waals surface area contributed by atoms with E-state index in [1.54, 1.807) is 21.3 Å². The zero-order valence-corrected chi connectivity index (χ0v) is 20.5. The molecule has 0 aliphatic rings. The number of aliphatic hydroxyl groups is 1. The molecule has 3 aromatic rings. The molecule has 1 unspecified atom stereocenters. The van der Waals surface area contributed by atoms with E-state index in [1.807, 2.05) is 66.7 Å². The number of hydrogen-bond acceptors (Lipinski definition) is 5. The summed E-state index contributed by atoms with van der Waals surface area (Å²) in [5.41, 5.74) is 2.99. The first-order chi connectivity index (χ1) is 16.0. The Labute approximate surface area is 205 Å². The first-order valence-electron chi connectivity index (χ1n) is 10.8. The monoisotopic (exact) mass is 488 g/mol. The summed E-state index contributed by atoms with van der Waals surface area (Å²) >= 11 is 12.8. The van der Waals surface area contributed by atoms with E-state index < -0.39 is 6.23 Å². The molecule has 0 aromatic heterocycles. The highest BCUT2D eigenvalue weighted by atomic mass is 35.5. The minimum Gasteiger partial charge on any atom is -0.493 e. The van der Waals surface area contributed by atoms with Crippen molar-refractivity contribution in [3.8, 4) is 11.5 Å². The van der Waals surface area contributed by atoms with Gasteiger partial charge >= 0.3 is 0 Å². The lowest BCUT2D eigenvalue weighted by molar-refractivity contribution is 0.0947. The Morgan fingerprint density at radius 3 is 2.21 bits per heavy atom. The van der Waals surface area contributed by atoms with Gasteiger partial charge in [0.1, 0.15) is 6.23 Å². The predicted octanol–water partition coefficient (Wildman–Crippen LogP) is 5.55. The van der Waals surface area contributed by atoms with Gasteiger partial charge in [-0.1, -0.05) is 71.7 Å². The summed E-state index contributed by atoms with van der Waals surface area (Å²) in [6, 6.07) is 20.9. The molecule has 176 valence electrons. The third kappa shape index (κ3) is 6.40. The second kappa shape index (κ2) is 12.3. The van der Waals surface area contributed by atoms with Crippen LogP contribution in [0.15, 0.2) is 66.7 Å². The van der Waals surface area contributed by atoms with Crippen LogP contribution in [0.1, 0.15) is 35.2 Å². The van der Waals surface area contributed by atoms with Crippen LogP contribution in [-0.4, -0.2) is 32.6 Å². The van der Waals surface area contributed by atoms with Gasteiger partial charge in [0.05, 0.1) is 25.3 Å². The number of nitrogens with one attached hydrogen (secondary N) is 2. The molecule has 0 bridgehead atoms. The third-order valence-electron chi connectivity index (χ3n) is 5.68. The van der Waals surface area contributed by atoms with Crippen molar-refractivity contribution >= 4 is 23.2 Å². The number of methoxy groups -OCH3 is 2.